The first-order valence-electron chi connectivity index (χ1n) is 21.4. The Morgan fingerprint density at radius 2 is 0.985 bits per heavy atom. The van der Waals surface area contributed by atoms with Crippen LogP contribution in [-0.4, -0.2) is 30.4 Å². The molecule has 0 spiro atoms. The van der Waals surface area contributed by atoms with Crippen LogP contribution in [0.1, 0.15) is 34.2 Å². The first kappa shape index (κ1) is 45.6. The first-order valence-corrected chi connectivity index (χ1v) is 23.1. The lowest BCUT2D eigenvalue weighted by atomic mass is 10.1. The van der Waals surface area contributed by atoms with Gasteiger partial charge in [0.15, 0.2) is 5.75 Å². The van der Waals surface area contributed by atoms with Crippen LogP contribution in [0.5, 0.6) is 11.5 Å². The van der Waals surface area contributed by atoms with Gasteiger partial charge in [0.1, 0.15) is 17.1 Å². The van der Waals surface area contributed by atoms with E-state index in [1.807, 2.05) is 156 Å². The summed E-state index contributed by atoms with van der Waals surface area (Å²) >= 11 is 0. The van der Waals surface area contributed by atoms with Gasteiger partial charge in [-0.3, -0.25) is 4.55 Å². The smallest absolute Gasteiger partial charge is 0.264 e. The number of nitrogens with one attached hydrogen (secondary N) is 1. The number of azo groups is 4. The summed E-state index contributed by atoms with van der Waals surface area (Å²) < 4.78 is 37.9. The fourth-order valence-electron chi connectivity index (χ4n) is 7.21. The van der Waals surface area contributed by atoms with E-state index in [9.17, 15) is 18.1 Å². The van der Waals surface area contributed by atoms with Gasteiger partial charge < -0.3 is 15.2 Å². The number of para-hydroxylation sites is 1. The molecule has 14 nitrogen and oxygen atoms in total. The van der Waals surface area contributed by atoms with E-state index >= 15 is 0 Å². The van der Waals surface area contributed by atoms with Gasteiger partial charge in [-0.1, -0.05) is 54.6 Å². The van der Waals surface area contributed by atoms with Crippen LogP contribution in [-0.2, 0) is 10.1 Å². The van der Waals surface area contributed by atoms with E-state index in [-0.39, 0.29) is 18.8 Å². The number of fused-ring (bicyclic) bond motifs is 2. The van der Waals surface area contributed by atoms with E-state index < -0.39 is 15.9 Å². The van der Waals surface area contributed by atoms with Gasteiger partial charge in [0.05, 0.1) is 46.5 Å². The number of nitrogens with zero attached hydrogens (tertiary/aromatic N) is 8. The molecule has 0 bridgehead atoms. The predicted octanol–water partition coefficient (Wildman–Crippen LogP) is 16.3. The first-order chi connectivity index (χ1) is 32.3. The van der Waals surface area contributed by atoms with Crippen molar-refractivity contribution in [3.63, 3.8) is 0 Å². The molecule has 0 aliphatic rings. The highest BCUT2D eigenvalue weighted by Gasteiger charge is 2.13. The number of ether oxygens (including phenoxy) is 1. The van der Waals surface area contributed by atoms with Crippen LogP contribution in [0, 0.1) is 34.6 Å². The van der Waals surface area contributed by atoms with Gasteiger partial charge in [0, 0.05) is 22.8 Å². The number of aryl methyl sites for hydroxylation is 5. The Bertz CT molecular complexity index is 3390. The summed E-state index contributed by atoms with van der Waals surface area (Å²) in [6, 6.07) is 44.2. The Labute approximate surface area is 388 Å². The molecule has 8 rings (SSSR count). The van der Waals surface area contributed by atoms with Crippen LogP contribution in [0.4, 0.5) is 56.9 Å². The summed E-state index contributed by atoms with van der Waals surface area (Å²) in [4.78, 5) is 0. The maximum absolute atomic E-state index is 11.4. The summed E-state index contributed by atoms with van der Waals surface area (Å²) in [7, 11) is -4.15. The Balaban J connectivity index is 0.973. The predicted molar refractivity (Wildman–Crippen MR) is 266 cm³/mol. The molecular formula is C52H47N9O5S. The van der Waals surface area contributed by atoms with Crippen LogP contribution in [0.25, 0.3) is 21.5 Å². The average molecular weight is 910 g/mol. The molecular weight excluding hydrogens is 863 g/mol. The third-order valence-corrected chi connectivity index (χ3v) is 11.8. The van der Waals surface area contributed by atoms with Crippen LogP contribution in [0.2, 0.25) is 0 Å². The second kappa shape index (κ2) is 20.0. The molecule has 0 atom stereocenters. The van der Waals surface area contributed by atoms with Gasteiger partial charge in [-0.25, -0.2) is 0 Å². The lowest BCUT2D eigenvalue weighted by molar-refractivity contribution is 0.317. The molecule has 0 unspecified atom stereocenters. The third-order valence-electron chi connectivity index (χ3n) is 10.9. The quantitative estimate of drug-likeness (QED) is 0.0520. The van der Waals surface area contributed by atoms with Crippen molar-refractivity contribution < 1.29 is 22.8 Å². The van der Waals surface area contributed by atoms with Crippen molar-refractivity contribution in [3.05, 3.63) is 167 Å². The summed E-state index contributed by atoms with van der Waals surface area (Å²) in [5.41, 5.74) is 10.5. The third kappa shape index (κ3) is 11.5. The van der Waals surface area contributed by atoms with Gasteiger partial charge in [-0.2, -0.15) is 39.1 Å². The van der Waals surface area contributed by atoms with E-state index in [0.29, 0.717) is 56.6 Å². The monoisotopic (exact) mass is 909 g/mol. The Morgan fingerprint density at radius 1 is 0.478 bits per heavy atom. The molecule has 336 valence electrons. The molecule has 15 heteroatoms. The van der Waals surface area contributed by atoms with Crippen molar-refractivity contribution in [1.29, 1.82) is 0 Å². The van der Waals surface area contributed by atoms with Crippen molar-refractivity contribution in [3.8, 4) is 11.5 Å². The number of benzene rings is 8. The highest BCUT2D eigenvalue weighted by molar-refractivity contribution is 7.85. The number of aromatic hydroxyl groups is 1. The van der Waals surface area contributed by atoms with Crippen molar-refractivity contribution in [2.75, 3.05) is 17.7 Å². The number of hydrogen-bond acceptors (Lipinski definition) is 13. The molecule has 0 amide bonds. The number of hydrogen-bond donors (Lipinski definition) is 3. The molecule has 0 radical (unpaired) electrons. The Morgan fingerprint density at radius 3 is 1.60 bits per heavy atom. The number of rotatable bonds is 15. The second-order valence-electron chi connectivity index (χ2n) is 16.1. The molecule has 67 heavy (non-hydrogen) atoms. The molecule has 0 heterocycles. The van der Waals surface area contributed by atoms with Crippen molar-refractivity contribution in [2.45, 2.75) is 41.0 Å². The second-order valence-corrected chi connectivity index (χ2v) is 17.7. The minimum Gasteiger partial charge on any atom is -0.505 e. The van der Waals surface area contributed by atoms with E-state index in [2.05, 4.69) is 46.2 Å². The van der Waals surface area contributed by atoms with Crippen LogP contribution < -0.4 is 10.1 Å². The van der Waals surface area contributed by atoms with E-state index in [4.69, 9.17) is 4.74 Å². The molecule has 0 aliphatic carbocycles. The molecule has 0 saturated heterocycles. The largest absolute Gasteiger partial charge is 0.505 e. The lowest BCUT2D eigenvalue weighted by Gasteiger charge is -2.11. The number of phenolic OH excluding ortho intramolecular Hbond substituents is 1. The van der Waals surface area contributed by atoms with E-state index in [1.54, 1.807) is 18.2 Å². The lowest BCUT2D eigenvalue weighted by Crippen LogP contribution is -2.08. The molecule has 0 aromatic heterocycles. The zero-order valence-electron chi connectivity index (χ0n) is 37.5. The molecule has 0 fully saturated rings. The van der Waals surface area contributed by atoms with Crippen LogP contribution in [0.3, 0.4) is 0 Å². The topological polar surface area (TPSA) is 195 Å². The Kier molecular flexibility index (Phi) is 13.6. The molecule has 3 N–H and O–H groups in total. The highest BCUT2D eigenvalue weighted by atomic mass is 32.2. The normalized spacial score (nSPS) is 12.1. The standard InChI is InChI=1S/C52H47N9O5S/c1-32-25-46(33(2)24-45(32)57-55-44-21-17-39-30-41(19-20-43(39)52(44)62)53-40-14-7-6-8-15-40)58-59-47-26-35(4)48(27-34(47)3)60-61-50-28-36(5)49(31-51(50)66-22-11-23-67(63,64)65)56-54-42-18-16-37-12-9-10-13-38(37)29-42/h6-10,12-21,24-31,53,62H,11,22-23H2,1-5H3,(H,63,64,65). The molecule has 0 aliphatic heterocycles. The maximum Gasteiger partial charge on any atom is 0.264 e. The summed E-state index contributed by atoms with van der Waals surface area (Å²) in [5.74, 6) is -0.0670. The molecule has 0 saturated carbocycles. The van der Waals surface area contributed by atoms with Crippen LogP contribution in [0.15, 0.2) is 180 Å². The van der Waals surface area contributed by atoms with Gasteiger partial charge in [-0.05, 0) is 164 Å². The van der Waals surface area contributed by atoms with E-state index in [1.165, 1.54) is 0 Å². The van der Waals surface area contributed by atoms with Crippen molar-refractivity contribution in [2.24, 2.45) is 40.9 Å². The minimum atomic E-state index is -4.15. The van der Waals surface area contributed by atoms with E-state index in [0.717, 1.165) is 55.4 Å². The zero-order valence-corrected chi connectivity index (χ0v) is 38.3. The average Bonchev–Trinajstić information content (AvgIpc) is 3.31. The van der Waals surface area contributed by atoms with Gasteiger partial charge in [-0.15, -0.1) is 10.2 Å². The highest BCUT2D eigenvalue weighted by Crippen LogP contribution is 2.40. The Hall–Kier alpha value is -8.01. The van der Waals surface area contributed by atoms with Crippen molar-refractivity contribution in [1.82, 2.24) is 0 Å². The van der Waals surface area contributed by atoms with Gasteiger partial charge in [0.25, 0.3) is 10.1 Å². The summed E-state index contributed by atoms with van der Waals surface area (Å²) in [5, 5.41) is 54.4. The fourth-order valence-corrected chi connectivity index (χ4v) is 7.69. The zero-order chi connectivity index (χ0) is 47.1. The fraction of sp³-hybridized carbons (Fsp3) is 0.154. The SMILES string of the molecule is Cc1cc(N=Nc2cc(C)c(N=Nc3cc(C)c(N=Nc4ccc5cc(Nc6ccccc6)ccc5c4O)cc3C)cc2C)c(OCCCS(=O)(=O)O)cc1N=Nc1ccc2ccccc2c1. The molecule has 8 aromatic rings. The van der Waals surface area contributed by atoms with Crippen molar-refractivity contribution >= 4 is 88.5 Å². The molecule has 8 aromatic carbocycles. The summed E-state index contributed by atoms with van der Waals surface area (Å²) in [6.45, 7) is 9.55. The van der Waals surface area contributed by atoms with Gasteiger partial charge >= 0.3 is 0 Å². The minimum absolute atomic E-state index is 0.00161. The number of anilines is 2. The van der Waals surface area contributed by atoms with Crippen LogP contribution >= 0.6 is 0 Å². The number of phenols is 1. The van der Waals surface area contributed by atoms with Gasteiger partial charge in [0.2, 0.25) is 0 Å². The maximum atomic E-state index is 11.4. The summed E-state index contributed by atoms with van der Waals surface area (Å²) in [6.07, 6.45) is 0.0627.